The van der Waals surface area contributed by atoms with Crippen LogP contribution < -0.4 is 5.73 Å². The average Bonchev–Trinajstić information content (AvgIpc) is 2.77. The Morgan fingerprint density at radius 3 is 2.95 bits per heavy atom. The van der Waals surface area contributed by atoms with Crippen molar-refractivity contribution in [3.05, 3.63) is 17.0 Å². The van der Waals surface area contributed by atoms with Gasteiger partial charge < -0.3 is 10.8 Å². The lowest BCUT2D eigenvalue weighted by Gasteiger charge is -2.41. The molecular weight excluding hydrogens is 238 g/mol. The van der Waals surface area contributed by atoms with Gasteiger partial charge in [-0.3, -0.25) is 0 Å². The number of aliphatic hydroxyl groups is 1. The Kier molecular flexibility index (Phi) is 3.01. The molecule has 1 aromatic rings. The molecule has 104 valence electrons. The molecular formula is C15H23N3O. The first-order chi connectivity index (χ1) is 9.06. The van der Waals surface area contributed by atoms with Crippen LogP contribution in [0.1, 0.15) is 68.8 Å². The third-order valence-corrected chi connectivity index (χ3v) is 4.95. The molecule has 0 saturated carbocycles. The van der Waals surface area contributed by atoms with Crippen LogP contribution in [0.4, 0.5) is 5.95 Å². The van der Waals surface area contributed by atoms with Crippen LogP contribution in [0.3, 0.4) is 0 Å². The minimum Gasteiger partial charge on any atom is -0.383 e. The van der Waals surface area contributed by atoms with Crippen LogP contribution in [0.5, 0.6) is 0 Å². The van der Waals surface area contributed by atoms with E-state index >= 15 is 0 Å². The van der Waals surface area contributed by atoms with Crippen LogP contribution in [0.25, 0.3) is 0 Å². The zero-order valence-electron chi connectivity index (χ0n) is 11.8. The molecule has 0 spiro atoms. The van der Waals surface area contributed by atoms with Gasteiger partial charge in [-0.05, 0) is 37.5 Å². The average molecular weight is 261 g/mol. The summed E-state index contributed by atoms with van der Waals surface area (Å²) < 4.78 is 0. The fourth-order valence-electron chi connectivity index (χ4n) is 3.84. The van der Waals surface area contributed by atoms with E-state index in [1.807, 2.05) is 0 Å². The number of aromatic nitrogens is 2. The molecule has 0 radical (unpaired) electrons. The maximum atomic E-state index is 11.2. The predicted octanol–water partition coefficient (Wildman–Crippen LogP) is 2.51. The summed E-state index contributed by atoms with van der Waals surface area (Å²) >= 11 is 0. The van der Waals surface area contributed by atoms with E-state index in [2.05, 4.69) is 23.8 Å². The van der Waals surface area contributed by atoms with Gasteiger partial charge in [-0.25, -0.2) is 9.97 Å². The lowest BCUT2D eigenvalue weighted by atomic mass is 9.69. The molecule has 3 rings (SSSR count). The van der Waals surface area contributed by atoms with E-state index in [0.717, 1.165) is 49.9 Å². The van der Waals surface area contributed by atoms with Crippen molar-refractivity contribution < 1.29 is 5.11 Å². The zero-order chi connectivity index (χ0) is 13.6. The smallest absolute Gasteiger partial charge is 0.220 e. The minimum atomic E-state index is -0.808. The number of anilines is 1. The van der Waals surface area contributed by atoms with Crippen molar-refractivity contribution in [1.82, 2.24) is 9.97 Å². The van der Waals surface area contributed by atoms with E-state index < -0.39 is 5.60 Å². The molecule has 19 heavy (non-hydrogen) atoms. The Bertz CT molecular complexity index is 502. The number of hydrogen-bond acceptors (Lipinski definition) is 4. The zero-order valence-corrected chi connectivity index (χ0v) is 11.8. The number of nitrogen functional groups attached to an aromatic ring is 1. The molecule has 3 atom stereocenters. The molecule has 0 bridgehead atoms. The quantitative estimate of drug-likeness (QED) is 0.877. The molecule has 1 aromatic heterocycles. The van der Waals surface area contributed by atoms with E-state index in [4.69, 9.17) is 5.73 Å². The van der Waals surface area contributed by atoms with Gasteiger partial charge in [-0.15, -0.1) is 0 Å². The fourth-order valence-corrected chi connectivity index (χ4v) is 3.84. The topological polar surface area (TPSA) is 72.0 Å². The van der Waals surface area contributed by atoms with Crippen molar-refractivity contribution in [1.29, 1.82) is 0 Å². The molecule has 2 aliphatic carbocycles. The first-order valence-corrected chi connectivity index (χ1v) is 7.45. The van der Waals surface area contributed by atoms with E-state index in [9.17, 15) is 5.11 Å². The van der Waals surface area contributed by atoms with E-state index in [-0.39, 0.29) is 5.92 Å². The molecule has 3 N–H and O–H groups in total. The number of unbranched alkanes of at least 4 members (excludes halogenated alkanes) is 1. The summed E-state index contributed by atoms with van der Waals surface area (Å²) in [6.45, 7) is 4.30. The number of rotatable bonds is 3. The van der Waals surface area contributed by atoms with Crippen LogP contribution in [0.15, 0.2) is 0 Å². The maximum Gasteiger partial charge on any atom is 0.220 e. The highest BCUT2D eigenvalue weighted by Crippen LogP contribution is 2.51. The highest BCUT2D eigenvalue weighted by atomic mass is 16.3. The molecule has 0 fully saturated rings. The lowest BCUT2D eigenvalue weighted by Crippen LogP contribution is -2.40. The van der Waals surface area contributed by atoms with Gasteiger partial charge in [0.15, 0.2) is 0 Å². The Hall–Kier alpha value is -1.16. The van der Waals surface area contributed by atoms with Crippen molar-refractivity contribution in [3.63, 3.8) is 0 Å². The van der Waals surface area contributed by atoms with Gasteiger partial charge in [0.1, 0.15) is 5.60 Å². The first kappa shape index (κ1) is 12.9. The summed E-state index contributed by atoms with van der Waals surface area (Å²) in [6, 6.07) is 0. The third kappa shape index (κ3) is 1.84. The van der Waals surface area contributed by atoms with Crippen molar-refractivity contribution >= 4 is 5.95 Å². The Balaban J connectivity index is 2.12. The van der Waals surface area contributed by atoms with Crippen LogP contribution in [-0.2, 0) is 12.0 Å². The SMILES string of the molecule is CCCC[C@@]1(O)c2nc(N)nc3c2[C@H](CC3)C[C@@H]1C. The largest absolute Gasteiger partial charge is 0.383 e. The highest BCUT2D eigenvalue weighted by Gasteiger charge is 2.47. The molecule has 0 amide bonds. The standard InChI is InChI=1S/C15H23N3O/c1-3-4-7-15(19)9(2)8-10-5-6-11-12(10)13(15)18-14(16)17-11/h9-10,19H,3-8H2,1-2H3,(H2,16,17,18)/t9-,10+,15-/m0/s1. The monoisotopic (exact) mass is 261 g/mol. The summed E-state index contributed by atoms with van der Waals surface area (Å²) in [4.78, 5) is 8.81. The molecule has 4 heteroatoms. The highest BCUT2D eigenvalue weighted by molar-refractivity contribution is 5.43. The maximum absolute atomic E-state index is 11.2. The second-order valence-electron chi connectivity index (χ2n) is 6.19. The fraction of sp³-hybridized carbons (Fsp3) is 0.733. The summed E-state index contributed by atoms with van der Waals surface area (Å²) in [7, 11) is 0. The van der Waals surface area contributed by atoms with Gasteiger partial charge in [-0.2, -0.15) is 0 Å². The summed E-state index contributed by atoms with van der Waals surface area (Å²) in [5.74, 6) is 1.10. The lowest BCUT2D eigenvalue weighted by molar-refractivity contribution is -0.0451. The summed E-state index contributed by atoms with van der Waals surface area (Å²) in [5, 5.41) is 11.2. The molecule has 0 unspecified atom stereocenters. The normalized spacial score (nSPS) is 32.4. The van der Waals surface area contributed by atoms with Crippen LogP contribution in [0.2, 0.25) is 0 Å². The van der Waals surface area contributed by atoms with Gasteiger partial charge in [-0.1, -0.05) is 26.7 Å². The number of hydrogen-bond donors (Lipinski definition) is 2. The van der Waals surface area contributed by atoms with Gasteiger partial charge in [0.25, 0.3) is 0 Å². The van der Waals surface area contributed by atoms with E-state index in [1.54, 1.807) is 0 Å². The first-order valence-electron chi connectivity index (χ1n) is 7.45. The summed E-state index contributed by atoms with van der Waals surface area (Å²) in [5.41, 5.74) is 8.16. The van der Waals surface area contributed by atoms with E-state index in [1.165, 1.54) is 5.56 Å². The van der Waals surface area contributed by atoms with Crippen molar-refractivity contribution in [2.45, 2.75) is 63.9 Å². The van der Waals surface area contributed by atoms with Crippen LogP contribution in [0, 0.1) is 5.92 Å². The number of nitrogens with zero attached hydrogens (tertiary/aromatic N) is 2. The number of nitrogens with two attached hydrogens (primary N) is 1. The third-order valence-electron chi connectivity index (χ3n) is 4.95. The Labute approximate surface area is 114 Å². The van der Waals surface area contributed by atoms with Gasteiger partial charge in [0.05, 0.1) is 5.69 Å². The Morgan fingerprint density at radius 2 is 2.21 bits per heavy atom. The Morgan fingerprint density at radius 1 is 1.42 bits per heavy atom. The molecule has 0 aromatic carbocycles. The second kappa shape index (κ2) is 4.44. The molecule has 0 aliphatic heterocycles. The van der Waals surface area contributed by atoms with Gasteiger partial charge >= 0.3 is 0 Å². The second-order valence-corrected chi connectivity index (χ2v) is 6.19. The van der Waals surface area contributed by atoms with Gasteiger partial charge in [0.2, 0.25) is 5.95 Å². The molecule has 4 nitrogen and oxygen atoms in total. The number of aryl methyl sites for hydroxylation is 1. The van der Waals surface area contributed by atoms with E-state index in [0.29, 0.717) is 11.9 Å². The van der Waals surface area contributed by atoms with Crippen LogP contribution >= 0.6 is 0 Å². The molecule has 2 aliphatic rings. The predicted molar refractivity (Wildman–Crippen MR) is 74.7 cm³/mol. The minimum absolute atomic E-state index is 0.247. The van der Waals surface area contributed by atoms with Gasteiger partial charge in [0, 0.05) is 11.3 Å². The summed E-state index contributed by atoms with van der Waals surface area (Å²) in [6.07, 6.45) is 6.05. The molecule has 0 saturated heterocycles. The molecule has 1 heterocycles. The van der Waals surface area contributed by atoms with Crippen molar-refractivity contribution in [3.8, 4) is 0 Å². The van der Waals surface area contributed by atoms with Crippen LogP contribution in [-0.4, -0.2) is 15.1 Å². The van der Waals surface area contributed by atoms with Crippen molar-refractivity contribution in [2.75, 3.05) is 5.73 Å². The van der Waals surface area contributed by atoms with Crippen molar-refractivity contribution in [2.24, 2.45) is 5.92 Å².